The molecule has 1 atom stereocenters. The van der Waals surface area contributed by atoms with Crippen LogP contribution >= 0.6 is 0 Å². The monoisotopic (exact) mass is 365 g/mol. The molecule has 0 aromatic heterocycles. The van der Waals surface area contributed by atoms with Gasteiger partial charge in [-0.2, -0.15) is 0 Å². The fraction of sp³-hybridized carbons (Fsp3) is 0.500. The summed E-state index contributed by atoms with van der Waals surface area (Å²) >= 11 is 0. The minimum atomic E-state index is -1.54. The molecule has 2 saturated heterocycles. The van der Waals surface area contributed by atoms with Crippen molar-refractivity contribution in [1.82, 2.24) is 15.1 Å². The molecule has 4 amide bonds. The zero-order chi connectivity index (χ0) is 18.9. The number of nitrogens with one attached hydrogen (secondary N) is 1. The van der Waals surface area contributed by atoms with Crippen molar-refractivity contribution >= 4 is 17.8 Å². The van der Waals surface area contributed by atoms with Crippen LogP contribution in [0.2, 0.25) is 0 Å². The van der Waals surface area contributed by atoms with Gasteiger partial charge in [-0.25, -0.2) is 13.6 Å². The maximum absolute atomic E-state index is 13.5. The van der Waals surface area contributed by atoms with Gasteiger partial charge in [0.25, 0.3) is 5.91 Å². The number of nitrogens with zero attached hydrogens (tertiary/aromatic N) is 2. The van der Waals surface area contributed by atoms with E-state index in [1.54, 1.807) is 4.90 Å². The molecule has 0 bridgehead atoms. The molecular weight excluding hydrogens is 344 g/mol. The molecule has 2 aliphatic heterocycles. The van der Waals surface area contributed by atoms with Crippen LogP contribution in [-0.4, -0.2) is 47.3 Å². The van der Waals surface area contributed by atoms with Gasteiger partial charge in [0.15, 0.2) is 11.6 Å². The van der Waals surface area contributed by atoms with Crippen molar-refractivity contribution in [2.75, 3.05) is 19.6 Å². The van der Waals surface area contributed by atoms with Gasteiger partial charge in [0.2, 0.25) is 5.91 Å². The van der Waals surface area contributed by atoms with Crippen LogP contribution in [0.5, 0.6) is 0 Å². The molecule has 26 heavy (non-hydrogen) atoms. The van der Waals surface area contributed by atoms with Crippen molar-refractivity contribution in [3.05, 3.63) is 35.4 Å². The Balaban J connectivity index is 1.77. The summed E-state index contributed by atoms with van der Waals surface area (Å²) in [6.45, 7) is 2.28. The van der Waals surface area contributed by atoms with E-state index in [4.69, 9.17) is 0 Å². The van der Waals surface area contributed by atoms with Crippen molar-refractivity contribution in [1.29, 1.82) is 0 Å². The molecule has 0 aliphatic carbocycles. The molecule has 0 radical (unpaired) electrons. The van der Waals surface area contributed by atoms with Gasteiger partial charge < -0.3 is 10.2 Å². The van der Waals surface area contributed by atoms with E-state index in [9.17, 15) is 23.2 Å². The molecule has 1 unspecified atom stereocenters. The number of imide groups is 1. The van der Waals surface area contributed by atoms with Gasteiger partial charge in [0.05, 0.1) is 0 Å². The third-order valence-electron chi connectivity index (χ3n) is 5.02. The van der Waals surface area contributed by atoms with Crippen LogP contribution in [0.4, 0.5) is 13.6 Å². The number of benzene rings is 1. The van der Waals surface area contributed by atoms with Crippen molar-refractivity contribution in [3.63, 3.8) is 0 Å². The zero-order valence-corrected chi connectivity index (χ0v) is 14.6. The molecule has 6 nitrogen and oxygen atoms in total. The molecule has 0 saturated carbocycles. The molecule has 3 rings (SSSR count). The number of carbonyl (C=O) groups excluding carboxylic acids is 3. The Kier molecular flexibility index (Phi) is 4.93. The first-order chi connectivity index (χ1) is 12.3. The third kappa shape index (κ3) is 3.27. The lowest BCUT2D eigenvalue weighted by Gasteiger charge is -2.24. The molecule has 8 heteroatoms. The Bertz CT molecular complexity index is 747. The van der Waals surface area contributed by atoms with Gasteiger partial charge >= 0.3 is 6.03 Å². The first-order valence-corrected chi connectivity index (χ1v) is 8.70. The van der Waals surface area contributed by atoms with E-state index >= 15 is 0 Å². The number of rotatable bonds is 3. The average molecular weight is 365 g/mol. The first kappa shape index (κ1) is 18.3. The van der Waals surface area contributed by atoms with Crippen LogP contribution in [-0.2, 0) is 15.1 Å². The number of hydrogen-bond acceptors (Lipinski definition) is 3. The lowest BCUT2D eigenvalue weighted by Crippen LogP contribution is -2.44. The maximum Gasteiger partial charge on any atom is 0.325 e. The minimum absolute atomic E-state index is 0.125. The lowest BCUT2D eigenvalue weighted by atomic mass is 9.92. The van der Waals surface area contributed by atoms with Crippen LogP contribution in [0.1, 0.15) is 38.2 Å². The third-order valence-corrected chi connectivity index (χ3v) is 5.02. The lowest BCUT2D eigenvalue weighted by molar-refractivity contribution is -0.138. The topological polar surface area (TPSA) is 69.7 Å². The molecule has 2 aliphatic rings. The van der Waals surface area contributed by atoms with E-state index in [1.807, 2.05) is 0 Å². The van der Waals surface area contributed by atoms with Gasteiger partial charge in [-0.3, -0.25) is 14.5 Å². The van der Waals surface area contributed by atoms with Crippen LogP contribution in [0.3, 0.4) is 0 Å². The number of likely N-dealkylation sites (tertiary alicyclic amines) is 1. The Morgan fingerprint density at radius 3 is 2.38 bits per heavy atom. The summed E-state index contributed by atoms with van der Waals surface area (Å²) in [5.74, 6) is -3.09. The summed E-state index contributed by atoms with van der Waals surface area (Å²) < 4.78 is 26.7. The largest absolute Gasteiger partial charge is 0.341 e. The van der Waals surface area contributed by atoms with Gasteiger partial charge in [-0.15, -0.1) is 0 Å². The Morgan fingerprint density at radius 1 is 1.12 bits per heavy atom. The minimum Gasteiger partial charge on any atom is -0.341 e. The molecule has 1 N–H and O–H groups in total. The van der Waals surface area contributed by atoms with Crippen LogP contribution in [0, 0.1) is 11.6 Å². The highest BCUT2D eigenvalue weighted by atomic mass is 19.2. The molecule has 140 valence electrons. The molecule has 2 fully saturated rings. The van der Waals surface area contributed by atoms with Gasteiger partial charge in [-0.1, -0.05) is 18.9 Å². The smallest absolute Gasteiger partial charge is 0.325 e. The summed E-state index contributed by atoms with van der Waals surface area (Å²) in [6, 6.07) is 2.32. The van der Waals surface area contributed by atoms with Crippen LogP contribution in [0.25, 0.3) is 0 Å². The summed E-state index contributed by atoms with van der Waals surface area (Å²) in [4.78, 5) is 40.0. The number of carbonyl (C=O) groups is 3. The van der Waals surface area contributed by atoms with Crippen molar-refractivity contribution in [2.24, 2.45) is 0 Å². The summed E-state index contributed by atoms with van der Waals surface area (Å²) in [5, 5.41) is 2.49. The second kappa shape index (κ2) is 7.01. The van der Waals surface area contributed by atoms with E-state index in [0.717, 1.165) is 42.7 Å². The fourth-order valence-electron chi connectivity index (χ4n) is 3.40. The van der Waals surface area contributed by atoms with Crippen LogP contribution < -0.4 is 5.32 Å². The molecule has 0 spiro atoms. The highest BCUT2D eigenvalue weighted by Crippen LogP contribution is 2.29. The molecule has 1 aromatic rings. The van der Waals surface area contributed by atoms with Crippen molar-refractivity contribution in [2.45, 2.75) is 38.1 Å². The highest BCUT2D eigenvalue weighted by Gasteiger charge is 2.50. The van der Waals surface area contributed by atoms with Gasteiger partial charge in [0, 0.05) is 13.1 Å². The second-order valence-corrected chi connectivity index (χ2v) is 6.87. The van der Waals surface area contributed by atoms with Crippen molar-refractivity contribution < 1.29 is 23.2 Å². The quantitative estimate of drug-likeness (QED) is 0.835. The maximum atomic E-state index is 13.5. The Morgan fingerprint density at radius 2 is 1.77 bits per heavy atom. The fourth-order valence-corrected chi connectivity index (χ4v) is 3.40. The number of urea groups is 1. The number of halogens is 2. The Hall–Kier alpha value is -2.51. The standard InChI is InChI=1S/C18H21F2N3O3/c1-18(12-6-7-13(19)14(20)10-12)16(25)23(17(26)21-18)11-15(24)22-8-4-2-3-5-9-22/h6-7,10H,2-5,8-9,11H2,1H3,(H,21,26). The summed E-state index contributed by atoms with van der Waals surface area (Å²) in [7, 11) is 0. The molecule has 2 heterocycles. The average Bonchev–Trinajstić information content (AvgIpc) is 2.82. The van der Waals surface area contributed by atoms with Gasteiger partial charge in [-0.05, 0) is 37.5 Å². The van der Waals surface area contributed by atoms with E-state index < -0.39 is 29.1 Å². The molecule has 1 aromatic carbocycles. The van der Waals surface area contributed by atoms with Gasteiger partial charge in [0.1, 0.15) is 12.1 Å². The molecular formula is C18H21F2N3O3. The SMILES string of the molecule is CC1(c2ccc(F)c(F)c2)NC(=O)N(CC(=O)N2CCCCCC2)C1=O. The van der Waals surface area contributed by atoms with E-state index in [-0.39, 0.29) is 18.0 Å². The Labute approximate surface area is 150 Å². The normalized spacial score (nSPS) is 23.8. The highest BCUT2D eigenvalue weighted by molar-refractivity contribution is 6.09. The van der Waals surface area contributed by atoms with Crippen molar-refractivity contribution in [3.8, 4) is 0 Å². The predicted molar refractivity (Wildman–Crippen MR) is 89.0 cm³/mol. The summed E-state index contributed by atoms with van der Waals surface area (Å²) in [5.41, 5.74) is -1.41. The summed E-state index contributed by atoms with van der Waals surface area (Å²) in [6.07, 6.45) is 3.92. The number of amides is 4. The first-order valence-electron chi connectivity index (χ1n) is 8.70. The van der Waals surface area contributed by atoms with E-state index in [0.29, 0.717) is 13.1 Å². The zero-order valence-electron chi connectivity index (χ0n) is 14.6. The van der Waals surface area contributed by atoms with E-state index in [1.165, 1.54) is 13.0 Å². The van der Waals surface area contributed by atoms with Crippen LogP contribution in [0.15, 0.2) is 18.2 Å². The predicted octanol–water partition coefficient (Wildman–Crippen LogP) is 2.13. The number of hydrogen-bond donors (Lipinski definition) is 1. The van der Waals surface area contributed by atoms with E-state index in [2.05, 4.69) is 5.32 Å². The second-order valence-electron chi connectivity index (χ2n) is 6.87.